The van der Waals surface area contributed by atoms with Gasteiger partial charge in [-0.3, -0.25) is 4.79 Å². The van der Waals surface area contributed by atoms with Crippen LogP contribution in [-0.2, 0) is 9.53 Å². The zero-order valence-corrected chi connectivity index (χ0v) is 12.4. The summed E-state index contributed by atoms with van der Waals surface area (Å²) in [5, 5.41) is 0. The van der Waals surface area contributed by atoms with Crippen molar-refractivity contribution in [2.75, 3.05) is 26.8 Å². The van der Waals surface area contributed by atoms with Crippen LogP contribution in [0.3, 0.4) is 0 Å². The molecule has 2 fully saturated rings. The Morgan fingerprint density at radius 3 is 2.58 bits per heavy atom. The van der Waals surface area contributed by atoms with Crippen molar-refractivity contribution in [3.8, 4) is 0 Å². The van der Waals surface area contributed by atoms with Crippen molar-refractivity contribution in [1.82, 2.24) is 4.90 Å². The maximum absolute atomic E-state index is 12.6. The van der Waals surface area contributed by atoms with E-state index in [9.17, 15) is 4.79 Å². The minimum absolute atomic E-state index is 0.0280. The summed E-state index contributed by atoms with van der Waals surface area (Å²) >= 11 is 0. The highest BCUT2D eigenvalue weighted by atomic mass is 16.5. The van der Waals surface area contributed by atoms with Crippen molar-refractivity contribution in [1.29, 1.82) is 0 Å². The average molecular weight is 268 g/mol. The van der Waals surface area contributed by atoms with Crippen LogP contribution in [0.25, 0.3) is 0 Å². The number of rotatable bonds is 3. The molecule has 4 nitrogen and oxygen atoms in total. The molecule has 0 bridgehead atoms. The molecule has 0 spiro atoms. The molecule has 1 saturated carbocycles. The van der Waals surface area contributed by atoms with Crippen LogP contribution in [0.5, 0.6) is 0 Å². The Morgan fingerprint density at radius 1 is 1.32 bits per heavy atom. The molecule has 19 heavy (non-hydrogen) atoms. The molecular formula is C15H28N2O2. The number of nitrogens with zero attached hydrogens (tertiary/aromatic N) is 1. The van der Waals surface area contributed by atoms with Gasteiger partial charge in [-0.2, -0.15) is 0 Å². The first-order valence-corrected chi connectivity index (χ1v) is 7.61. The van der Waals surface area contributed by atoms with Gasteiger partial charge >= 0.3 is 0 Å². The first kappa shape index (κ1) is 14.8. The maximum atomic E-state index is 12.6. The lowest BCUT2D eigenvalue weighted by Crippen LogP contribution is -2.54. The second kappa shape index (κ2) is 6.23. The van der Waals surface area contributed by atoms with Crippen molar-refractivity contribution in [3.05, 3.63) is 0 Å². The van der Waals surface area contributed by atoms with Crippen LogP contribution in [-0.4, -0.2) is 43.2 Å². The second-order valence-corrected chi connectivity index (χ2v) is 6.53. The number of nitrogens with two attached hydrogens (primary N) is 1. The van der Waals surface area contributed by atoms with E-state index in [-0.39, 0.29) is 11.5 Å². The Hall–Kier alpha value is -0.610. The monoisotopic (exact) mass is 268 g/mol. The van der Waals surface area contributed by atoms with E-state index in [1.807, 2.05) is 11.8 Å². The van der Waals surface area contributed by atoms with Gasteiger partial charge in [-0.1, -0.05) is 12.8 Å². The van der Waals surface area contributed by atoms with E-state index in [4.69, 9.17) is 10.5 Å². The van der Waals surface area contributed by atoms with E-state index in [1.165, 1.54) is 0 Å². The van der Waals surface area contributed by atoms with E-state index in [0.717, 1.165) is 58.2 Å². The highest BCUT2D eigenvalue weighted by Gasteiger charge is 2.40. The molecule has 0 aromatic heterocycles. The molecule has 1 saturated heterocycles. The molecule has 2 N–H and O–H groups in total. The largest absolute Gasteiger partial charge is 0.384 e. The summed E-state index contributed by atoms with van der Waals surface area (Å²) in [5.74, 6) is 0.936. The molecule has 1 aliphatic carbocycles. The number of ether oxygens (including phenoxy) is 1. The number of carbonyl (C=O) groups is 1. The van der Waals surface area contributed by atoms with E-state index in [2.05, 4.69) is 0 Å². The third-order valence-electron chi connectivity index (χ3n) is 4.88. The predicted octanol–water partition coefficient (Wildman–Crippen LogP) is 1.78. The highest BCUT2D eigenvalue weighted by Crippen LogP contribution is 2.33. The van der Waals surface area contributed by atoms with Crippen molar-refractivity contribution < 1.29 is 9.53 Å². The van der Waals surface area contributed by atoms with Gasteiger partial charge < -0.3 is 15.4 Å². The van der Waals surface area contributed by atoms with Crippen LogP contribution in [0.2, 0.25) is 0 Å². The summed E-state index contributed by atoms with van der Waals surface area (Å²) in [7, 11) is 1.75. The molecule has 0 aromatic carbocycles. The zero-order valence-electron chi connectivity index (χ0n) is 12.4. The first-order valence-electron chi connectivity index (χ1n) is 7.61. The fourth-order valence-corrected chi connectivity index (χ4v) is 3.54. The third kappa shape index (κ3) is 3.48. The molecule has 1 amide bonds. The first-order chi connectivity index (χ1) is 9.04. The quantitative estimate of drug-likeness (QED) is 0.849. The lowest BCUT2D eigenvalue weighted by molar-refractivity contribution is -0.140. The topological polar surface area (TPSA) is 55.6 Å². The van der Waals surface area contributed by atoms with Crippen molar-refractivity contribution in [2.45, 2.75) is 51.0 Å². The summed E-state index contributed by atoms with van der Waals surface area (Å²) in [4.78, 5) is 14.7. The number of carbonyl (C=O) groups excluding carboxylic acids is 1. The summed E-state index contributed by atoms with van der Waals surface area (Å²) in [6.45, 7) is 4.62. The normalized spacial score (nSPS) is 33.4. The fourth-order valence-electron chi connectivity index (χ4n) is 3.54. The maximum Gasteiger partial charge on any atom is 0.227 e. The summed E-state index contributed by atoms with van der Waals surface area (Å²) in [6, 6.07) is 0. The van der Waals surface area contributed by atoms with Gasteiger partial charge in [-0.05, 0) is 38.5 Å². The van der Waals surface area contributed by atoms with Crippen molar-refractivity contribution >= 4 is 5.91 Å². The molecule has 2 aliphatic rings. The Kier molecular flexibility index (Phi) is 4.85. The Morgan fingerprint density at radius 2 is 2.00 bits per heavy atom. The van der Waals surface area contributed by atoms with Gasteiger partial charge in [0.05, 0.1) is 5.92 Å². The number of likely N-dealkylation sites (tertiary alicyclic amines) is 1. The van der Waals surface area contributed by atoms with Gasteiger partial charge in [-0.15, -0.1) is 0 Å². The van der Waals surface area contributed by atoms with E-state index in [1.54, 1.807) is 7.11 Å². The van der Waals surface area contributed by atoms with Crippen LogP contribution >= 0.6 is 0 Å². The van der Waals surface area contributed by atoms with E-state index >= 15 is 0 Å². The number of methoxy groups -OCH3 is 1. The molecule has 2 atom stereocenters. The zero-order chi connectivity index (χ0) is 13.9. The lowest BCUT2D eigenvalue weighted by Gasteiger charge is -2.41. The molecule has 4 heteroatoms. The molecule has 1 heterocycles. The van der Waals surface area contributed by atoms with Gasteiger partial charge in [0.25, 0.3) is 0 Å². The fraction of sp³-hybridized carbons (Fsp3) is 0.933. The predicted molar refractivity (Wildman–Crippen MR) is 75.7 cm³/mol. The third-order valence-corrected chi connectivity index (χ3v) is 4.88. The smallest absolute Gasteiger partial charge is 0.227 e. The van der Waals surface area contributed by atoms with Crippen molar-refractivity contribution in [2.24, 2.45) is 17.6 Å². The minimum atomic E-state index is -0.307. The van der Waals surface area contributed by atoms with Crippen LogP contribution in [0.1, 0.15) is 45.4 Å². The molecule has 0 aromatic rings. The van der Waals surface area contributed by atoms with Crippen LogP contribution in [0.4, 0.5) is 0 Å². The van der Waals surface area contributed by atoms with Gasteiger partial charge in [-0.25, -0.2) is 0 Å². The van der Waals surface area contributed by atoms with Crippen LogP contribution in [0, 0.1) is 11.8 Å². The SMILES string of the molecule is COCC1CCN(C(=O)C2CCCCC2(C)N)CC1. The van der Waals surface area contributed by atoms with Crippen LogP contribution in [0.15, 0.2) is 0 Å². The number of amides is 1. The summed E-state index contributed by atoms with van der Waals surface area (Å²) in [5.41, 5.74) is 6.03. The van der Waals surface area contributed by atoms with Gasteiger partial charge in [0.2, 0.25) is 5.91 Å². The molecule has 0 radical (unpaired) electrons. The Bertz CT molecular complexity index is 309. The standard InChI is InChI=1S/C15H28N2O2/c1-15(16)8-4-3-5-13(15)14(18)17-9-6-12(7-10-17)11-19-2/h12-13H,3-11,16H2,1-2H3. The van der Waals surface area contributed by atoms with Gasteiger partial charge in [0, 0.05) is 32.3 Å². The van der Waals surface area contributed by atoms with Gasteiger partial charge in [0.1, 0.15) is 0 Å². The Balaban J connectivity index is 1.90. The average Bonchev–Trinajstić information content (AvgIpc) is 2.39. The van der Waals surface area contributed by atoms with E-state index < -0.39 is 0 Å². The van der Waals surface area contributed by atoms with E-state index in [0.29, 0.717) is 11.8 Å². The molecule has 2 unspecified atom stereocenters. The molecule has 2 rings (SSSR count). The highest BCUT2D eigenvalue weighted by molar-refractivity contribution is 5.80. The summed E-state index contributed by atoms with van der Waals surface area (Å²) < 4.78 is 5.20. The molecule has 1 aliphatic heterocycles. The lowest BCUT2D eigenvalue weighted by atomic mass is 9.73. The minimum Gasteiger partial charge on any atom is -0.384 e. The number of hydrogen-bond acceptors (Lipinski definition) is 3. The van der Waals surface area contributed by atoms with Crippen molar-refractivity contribution in [3.63, 3.8) is 0 Å². The summed E-state index contributed by atoms with van der Waals surface area (Å²) in [6.07, 6.45) is 6.37. The molecule has 110 valence electrons. The molecular weight excluding hydrogens is 240 g/mol. The Labute approximate surface area is 116 Å². The van der Waals surface area contributed by atoms with Gasteiger partial charge in [0.15, 0.2) is 0 Å². The second-order valence-electron chi connectivity index (χ2n) is 6.53. The number of hydrogen-bond donors (Lipinski definition) is 1. The number of piperidine rings is 1. The van der Waals surface area contributed by atoms with Crippen LogP contribution < -0.4 is 5.73 Å².